The van der Waals surface area contributed by atoms with Crippen molar-refractivity contribution in [3.05, 3.63) is 93.0 Å². The lowest BCUT2D eigenvalue weighted by atomic mass is 10.1. The van der Waals surface area contributed by atoms with Crippen LogP contribution in [0.15, 0.2) is 60.7 Å². The fraction of sp³-hybridized carbons (Fsp3) is 0.0909. The lowest BCUT2D eigenvalue weighted by Gasteiger charge is -2.13. The summed E-state index contributed by atoms with van der Waals surface area (Å²) in [4.78, 5) is 25.6. The summed E-state index contributed by atoms with van der Waals surface area (Å²) >= 11 is 12.1. The number of halogens is 2. The van der Waals surface area contributed by atoms with Crippen molar-refractivity contribution in [2.75, 3.05) is 10.6 Å². The minimum atomic E-state index is -0.458. The van der Waals surface area contributed by atoms with Crippen LogP contribution in [0.4, 0.5) is 11.4 Å². The standard InChI is InChI=1S/C22H19Cl2N3O2/c1-13-5-8-20(27-21(28)17-11-15(23)6-7-19(17)24)18(9-13)22(29)26-16-4-2-3-14(10-16)12-25/h2-11H,12,25H2,1H3,(H,26,29)(H,27,28). The van der Waals surface area contributed by atoms with Crippen LogP contribution in [0.25, 0.3) is 0 Å². The summed E-state index contributed by atoms with van der Waals surface area (Å²) in [6.07, 6.45) is 0. The number of carbonyl (C=O) groups is 2. The van der Waals surface area contributed by atoms with E-state index >= 15 is 0 Å². The number of nitrogens with two attached hydrogens (primary N) is 1. The summed E-state index contributed by atoms with van der Waals surface area (Å²) in [6.45, 7) is 2.24. The van der Waals surface area contributed by atoms with Crippen molar-refractivity contribution in [2.45, 2.75) is 13.5 Å². The molecule has 7 heteroatoms. The maximum absolute atomic E-state index is 12.9. The normalized spacial score (nSPS) is 10.5. The second-order valence-corrected chi connectivity index (χ2v) is 7.33. The maximum Gasteiger partial charge on any atom is 0.257 e. The van der Waals surface area contributed by atoms with Crippen molar-refractivity contribution < 1.29 is 9.59 Å². The summed E-state index contributed by atoms with van der Waals surface area (Å²) in [6, 6.07) is 17.1. The molecular weight excluding hydrogens is 409 g/mol. The zero-order valence-electron chi connectivity index (χ0n) is 15.6. The van der Waals surface area contributed by atoms with E-state index in [2.05, 4.69) is 10.6 Å². The van der Waals surface area contributed by atoms with E-state index in [4.69, 9.17) is 28.9 Å². The van der Waals surface area contributed by atoms with Crippen LogP contribution in [0, 0.1) is 6.92 Å². The number of nitrogens with one attached hydrogen (secondary N) is 2. The van der Waals surface area contributed by atoms with Crippen molar-refractivity contribution >= 4 is 46.4 Å². The monoisotopic (exact) mass is 427 g/mol. The fourth-order valence-corrected chi connectivity index (χ4v) is 3.17. The number of rotatable bonds is 5. The Bertz CT molecular complexity index is 1080. The van der Waals surface area contributed by atoms with Gasteiger partial charge in [-0.05, 0) is 55.0 Å². The minimum absolute atomic E-state index is 0.224. The van der Waals surface area contributed by atoms with Crippen LogP contribution in [0.3, 0.4) is 0 Å². The SMILES string of the molecule is Cc1ccc(NC(=O)c2cc(Cl)ccc2Cl)c(C(=O)Nc2cccc(CN)c2)c1. The van der Waals surface area contributed by atoms with Gasteiger partial charge in [0.05, 0.1) is 21.8 Å². The predicted octanol–water partition coefficient (Wildman–Crippen LogP) is 5.27. The molecule has 5 nitrogen and oxygen atoms in total. The molecule has 0 unspecified atom stereocenters. The Hall–Kier alpha value is -2.86. The van der Waals surface area contributed by atoms with Gasteiger partial charge in [-0.25, -0.2) is 0 Å². The number of benzene rings is 3. The average Bonchev–Trinajstić information content (AvgIpc) is 2.71. The van der Waals surface area contributed by atoms with E-state index in [1.54, 1.807) is 42.5 Å². The Morgan fingerprint density at radius 3 is 2.41 bits per heavy atom. The van der Waals surface area contributed by atoms with Gasteiger partial charge < -0.3 is 16.4 Å². The number of hydrogen-bond acceptors (Lipinski definition) is 3. The number of amides is 2. The van der Waals surface area contributed by atoms with Crippen LogP contribution in [0.5, 0.6) is 0 Å². The van der Waals surface area contributed by atoms with E-state index in [-0.39, 0.29) is 16.5 Å². The third-order valence-electron chi connectivity index (χ3n) is 4.26. The highest BCUT2D eigenvalue weighted by Crippen LogP contribution is 2.24. The van der Waals surface area contributed by atoms with Crippen molar-refractivity contribution in [3.8, 4) is 0 Å². The molecule has 0 atom stereocenters. The van der Waals surface area contributed by atoms with Gasteiger partial charge in [-0.3, -0.25) is 9.59 Å². The van der Waals surface area contributed by atoms with Gasteiger partial charge in [0.2, 0.25) is 0 Å². The number of hydrogen-bond donors (Lipinski definition) is 3. The summed E-state index contributed by atoms with van der Waals surface area (Å²) in [5.41, 5.74) is 8.97. The first-order valence-electron chi connectivity index (χ1n) is 8.85. The highest BCUT2D eigenvalue weighted by molar-refractivity contribution is 6.36. The smallest absolute Gasteiger partial charge is 0.257 e. The van der Waals surface area contributed by atoms with Gasteiger partial charge in [0.25, 0.3) is 11.8 Å². The molecule has 0 aromatic heterocycles. The van der Waals surface area contributed by atoms with Crippen molar-refractivity contribution in [1.82, 2.24) is 0 Å². The third kappa shape index (κ3) is 5.15. The van der Waals surface area contributed by atoms with Gasteiger partial charge in [0.15, 0.2) is 0 Å². The molecule has 3 rings (SSSR count). The van der Waals surface area contributed by atoms with E-state index in [0.29, 0.717) is 28.5 Å². The molecule has 0 heterocycles. The molecule has 0 saturated carbocycles. The molecule has 0 fully saturated rings. The number of anilines is 2. The zero-order chi connectivity index (χ0) is 21.0. The Balaban J connectivity index is 1.88. The zero-order valence-corrected chi connectivity index (χ0v) is 17.1. The molecule has 0 spiro atoms. The van der Waals surface area contributed by atoms with E-state index in [1.807, 2.05) is 19.1 Å². The average molecular weight is 428 g/mol. The molecule has 3 aromatic carbocycles. The molecule has 4 N–H and O–H groups in total. The number of aryl methyl sites for hydroxylation is 1. The fourth-order valence-electron chi connectivity index (χ4n) is 2.79. The van der Waals surface area contributed by atoms with Crippen LogP contribution < -0.4 is 16.4 Å². The highest BCUT2D eigenvalue weighted by Gasteiger charge is 2.17. The van der Waals surface area contributed by atoms with Crippen molar-refractivity contribution in [1.29, 1.82) is 0 Å². The van der Waals surface area contributed by atoms with E-state index < -0.39 is 5.91 Å². The predicted molar refractivity (Wildman–Crippen MR) is 118 cm³/mol. The molecule has 0 radical (unpaired) electrons. The highest BCUT2D eigenvalue weighted by atomic mass is 35.5. The van der Waals surface area contributed by atoms with Crippen LogP contribution in [-0.2, 0) is 6.54 Å². The van der Waals surface area contributed by atoms with E-state index in [9.17, 15) is 9.59 Å². The Morgan fingerprint density at radius 1 is 0.897 bits per heavy atom. The maximum atomic E-state index is 12.9. The Labute approximate surface area is 178 Å². The van der Waals surface area contributed by atoms with Gasteiger partial charge >= 0.3 is 0 Å². The third-order valence-corrected chi connectivity index (χ3v) is 4.83. The molecule has 0 aliphatic carbocycles. The molecule has 148 valence electrons. The molecule has 0 aliphatic rings. The largest absolute Gasteiger partial charge is 0.326 e. The first-order valence-corrected chi connectivity index (χ1v) is 9.60. The van der Waals surface area contributed by atoms with E-state index in [0.717, 1.165) is 11.1 Å². The molecule has 0 saturated heterocycles. The van der Waals surface area contributed by atoms with Crippen molar-refractivity contribution in [3.63, 3.8) is 0 Å². The second-order valence-electron chi connectivity index (χ2n) is 6.49. The molecular formula is C22H19Cl2N3O2. The molecule has 0 aliphatic heterocycles. The van der Waals surface area contributed by atoms with Gasteiger partial charge in [-0.15, -0.1) is 0 Å². The molecule has 2 amide bonds. The topological polar surface area (TPSA) is 84.2 Å². The van der Waals surface area contributed by atoms with E-state index in [1.165, 1.54) is 6.07 Å². The molecule has 0 bridgehead atoms. The van der Waals surface area contributed by atoms with Crippen molar-refractivity contribution in [2.24, 2.45) is 5.73 Å². The lowest BCUT2D eigenvalue weighted by molar-refractivity contribution is 0.102. The second kappa shape index (κ2) is 9.09. The quantitative estimate of drug-likeness (QED) is 0.518. The van der Waals surface area contributed by atoms with Gasteiger partial charge in [0.1, 0.15) is 0 Å². The lowest BCUT2D eigenvalue weighted by Crippen LogP contribution is -2.19. The summed E-state index contributed by atoms with van der Waals surface area (Å²) < 4.78 is 0. The van der Waals surface area contributed by atoms with Crippen LogP contribution in [0.2, 0.25) is 10.0 Å². The van der Waals surface area contributed by atoms with Gasteiger partial charge in [0, 0.05) is 17.3 Å². The summed E-state index contributed by atoms with van der Waals surface area (Å²) in [5, 5.41) is 6.25. The first-order chi connectivity index (χ1) is 13.9. The van der Waals surface area contributed by atoms with Gasteiger partial charge in [-0.2, -0.15) is 0 Å². The number of carbonyl (C=O) groups excluding carboxylic acids is 2. The minimum Gasteiger partial charge on any atom is -0.326 e. The first kappa shape index (κ1) is 20.9. The van der Waals surface area contributed by atoms with Crippen LogP contribution in [0.1, 0.15) is 31.8 Å². The Kier molecular flexibility index (Phi) is 6.54. The molecule has 3 aromatic rings. The Morgan fingerprint density at radius 2 is 1.66 bits per heavy atom. The van der Waals surface area contributed by atoms with Crippen LogP contribution >= 0.6 is 23.2 Å². The molecule has 29 heavy (non-hydrogen) atoms. The summed E-state index contributed by atoms with van der Waals surface area (Å²) in [5.74, 6) is -0.809. The summed E-state index contributed by atoms with van der Waals surface area (Å²) in [7, 11) is 0. The van der Waals surface area contributed by atoms with Gasteiger partial charge in [-0.1, -0.05) is 47.0 Å². The van der Waals surface area contributed by atoms with Crippen LogP contribution in [-0.4, -0.2) is 11.8 Å².